The average Bonchev–Trinajstić information content (AvgIpc) is 2.63. The largest absolute Gasteiger partial charge is 0.497 e. The number of carbonyl (C=O) groups excluding carboxylic acids is 1. The summed E-state index contributed by atoms with van der Waals surface area (Å²) in [5.41, 5.74) is 2.25. The first-order chi connectivity index (χ1) is 12.1. The summed E-state index contributed by atoms with van der Waals surface area (Å²) in [5, 5.41) is 11.8. The van der Waals surface area contributed by atoms with Gasteiger partial charge in [-0.2, -0.15) is 0 Å². The van der Waals surface area contributed by atoms with E-state index in [1.807, 2.05) is 24.3 Å². The van der Waals surface area contributed by atoms with Gasteiger partial charge in [-0.15, -0.1) is 0 Å². The molecule has 1 saturated carbocycles. The van der Waals surface area contributed by atoms with E-state index in [2.05, 4.69) is 10.3 Å². The van der Waals surface area contributed by atoms with Gasteiger partial charge in [-0.1, -0.05) is 12.1 Å². The summed E-state index contributed by atoms with van der Waals surface area (Å²) in [4.78, 5) is 27.4. The summed E-state index contributed by atoms with van der Waals surface area (Å²) in [7, 11) is 1.61. The molecular weight excluding hydrogens is 320 g/mol. The minimum atomic E-state index is -0.827. The maximum atomic E-state index is 12.4. The second kappa shape index (κ2) is 7.34. The number of amides is 1. The highest BCUT2D eigenvalue weighted by Crippen LogP contribution is 2.30. The lowest BCUT2D eigenvalue weighted by Crippen LogP contribution is -2.47. The van der Waals surface area contributed by atoms with Crippen molar-refractivity contribution >= 4 is 11.9 Å². The highest BCUT2D eigenvalue weighted by atomic mass is 16.5. The van der Waals surface area contributed by atoms with Gasteiger partial charge in [-0.05, 0) is 42.5 Å². The Balaban J connectivity index is 1.70. The molecule has 2 aromatic rings. The van der Waals surface area contributed by atoms with E-state index in [9.17, 15) is 9.59 Å². The summed E-state index contributed by atoms with van der Waals surface area (Å²) in [5.74, 6) is -0.269. The predicted molar refractivity (Wildman–Crippen MR) is 92.5 cm³/mol. The standard InChI is InChI=1S/C19H20N2O4/c1-25-16-5-2-12(3-6-16)14-8-15(11-20-10-14)19(24)21-17-7-4-13(17)9-18(22)23/h2-3,5-6,8,10-11,13,17H,4,7,9H2,1H3,(H,21,24)(H,22,23)/t13-,17-/m1/s1. The lowest BCUT2D eigenvalue weighted by atomic mass is 9.77. The van der Waals surface area contributed by atoms with Crippen LogP contribution in [-0.2, 0) is 4.79 Å². The van der Waals surface area contributed by atoms with Gasteiger partial charge in [0.25, 0.3) is 5.91 Å². The van der Waals surface area contributed by atoms with Gasteiger partial charge in [0, 0.05) is 24.0 Å². The van der Waals surface area contributed by atoms with E-state index in [0.717, 1.165) is 29.7 Å². The topological polar surface area (TPSA) is 88.5 Å². The van der Waals surface area contributed by atoms with Crippen LogP contribution in [0.15, 0.2) is 42.7 Å². The quantitative estimate of drug-likeness (QED) is 0.844. The van der Waals surface area contributed by atoms with Gasteiger partial charge in [0.1, 0.15) is 5.75 Å². The minimum absolute atomic E-state index is 0.0131. The third kappa shape index (κ3) is 3.96. The number of carboxylic acid groups (broad SMARTS) is 1. The molecule has 2 atom stereocenters. The third-order valence-electron chi connectivity index (χ3n) is 4.59. The molecule has 25 heavy (non-hydrogen) atoms. The second-order valence-electron chi connectivity index (χ2n) is 6.21. The number of nitrogens with zero attached hydrogens (tertiary/aromatic N) is 1. The van der Waals surface area contributed by atoms with Crippen molar-refractivity contribution in [1.82, 2.24) is 10.3 Å². The Morgan fingerprint density at radius 3 is 2.56 bits per heavy atom. The van der Waals surface area contributed by atoms with Crippen LogP contribution in [-0.4, -0.2) is 35.1 Å². The Labute approximate surface area is 145 Å². The number of hydrogen-bond acceptors (Lipinski definition) is 4. The van der Waals surface area contributed by atoms with Crippen LogP contribution in [0, 0.1) is 5.92 Å². The van der Waals surface area contributed by atoms with Crippen molar-refractivity contribution < 1.29 is 19.4 Å². The molecule has 0 saturated heterocycles. The van der Waals surface area contributed by atoms with E-state index in [0.29, 0.717) is 5.56 Å². The smallest absolute Gasteiger partial charge is 0.303 e. The van der Waals surface area contributed by atoms with Gasteiger partial charge < -0.3 is 15.2 Å². The van der Waals surface area contributed by atoms with E-state index in [4.69, 9.17) is 9.84 Å². The number of methoxy groups -OCH3 is 1. The summed E-state index contributed by atoms with van der Waals surface area (Å²) >= 11 is 0. The number of pyridine rings is 1. The molecule has 0 unspecified atom stereocenters. The van der Waals surface area contributed by atoms with Crippen LogP contribution >= 0.6 is 0 Å². The molecule has 3 rings (SSSR count). The number of carboxylic acids is 1. The van der Waals surface area contributed by atoms with E-state index < -0.39 is 5.97 Å². The summed E-state index contributed by atoms with van der Waals surface area (Å²) in [6.45, 7) is 0. The maximum absolute atomic E-state index is 12.4. The zero-order valence-corrected chi connectivity index (χ0v) is 13.9. The molecule has 1 fully saturated rings. The number of nitrogens with one attached hydrogen (secondary N) is 1. The third-order valence-corrected chi connectivity index (χ3v) is 4.59. The van der Waals surface area contributed by atoms with Crippen LogP contribution < -0.4 is 10.1 Å². The van der Waals surface area contributed by atoms with Crippen molar-refractivity contribution in [1.29, 1.82) is 0 Å². The first-order valence-corrected chi connectivity index (χ1v) is 8.19. The van der Waals surface area contributed by atoms with Gasteiger partial charge in [-0.3, -0.25) is 14.6 Å². The van der Waals surface area contributed by atoms with Crippen molar-refractivity contribution in [2.75, 3.05) is 7.11 Å². The van der Waals surface area contributed by atoms with E-state index in [1.165, 1.54) is 6.20 Å². The fraction of sp³-hybridized carbons (Fsp3) is 0.316. The van der Waals surface area contributed by atoms with Crippen molar-refractivity contribution in [3.63, 3.8) is 0 Å². The molecule has 0 spiro atoms. The molecule has 6 nitrogen and oxygen atoms in total. The predicted octanol–water partition coefficient (Wildman–Crippen LogP) is 2.74. The number of benzene rings is 1. The zero-order chi connectivity index (χ0) is 17.8. The van der Waals surface area contributed by atoms with Crippen LogP contribution in [0.1, 0.15) is 29.6 Å². The Morgan fingerprint density at radius 2 is 1.96 bits per heavy atom. The summed E-state index contributed by atoms with van der Waals surface area (Å²) in [6.07, 6.45) is 4.97. The number of aliphatic carboxylic acids is 1. The molecule has 0 aliphatic heterocycles. The van der Waals surface area contributed by atoms with Crippen LogP contribution in [0.5, 0.6) is 5.75 Å². The molecule has 1 heterocycles. The van der Waals surface area contributed by atoms with Crippen LogP contribution in [0.25, 0.3) is 11.1 Å². The van der Waals surface area contributed by atoms with Crippen molar-refractivity contribution in [3.8, 4) is 16.9 Å². The fourth-order valence-corrected chi connectivity index (χ4v) is 2.98. The molecule has 0 bridgehead atoms. The number of aromatic nitrogens is 1. The van der Waals surface area contributed by atoms with Gasteiger partial charge in [-0.25, -0.2) is 0 Å². The number of carbonyl (C=O) groups is 2. The van der Waals surface area contributed by atoms with Crippen molar-refractivity contribution in [3.05, 3.63) is 48.3 Å². The molecule has 0 radical (unpaired) electrons. The number of hydrogen-bond donors (Lipinski definition) is 2. The SMILES string of the molecule is COc1ccc(-c2cncc(C(=O)N[C@@H]3CC[C@@H]3CC(=O)O)c2)cc1. The fourth-order valence-electron chi connectivity index (χ4n) is 2.98. The molecule has 1 amide bonds. The van der Waals surface area contributed by atoms with Gasteiger partial charge in [0.05, 0.1) is 19.1 Å². The maximum Gasteiger partial charge on any atom is 0.303 e. The Morgan fingerprint density at radius 1 is 1.20 bits per heavy atom. The highest BCUT2D eigenvalue weighted by molar-refractivity contribution is 5.95. The van der Waals surface area contributed by atoms with Crippen molar-refractivity contribution in [2.45, 2.75) is 25.3 Å². The molecule has 2 N–H and O–H groups in total. The van der Waals surface area contributed by atoms with E-state index >= 15 is 0 Å². The molecule has 130 valence electrons. The Hall–Kier alpha value is -2.89. The molecule has 6 heteroatoms. The molecule has 1 aliphatic carbocycles. The van der Waals surface area contributed by atoms with Crippen LogP contribution in [0.2, 0.25) is 0 Å². The van der Waals surface area contributed by atoms with Crippen molar-refractivity contribution in [2.24, 2.45) is 5.92 Å². The molecule has 1 aliphatic rings. The Bertz CT molecular complexity index is 773. The second-order valence-corrected chi connectivity index (χ2v) is 6.21. The normalized spacial score (nSPS) is 18.9. The van der Waals surface area contributed by atoms with Gasteiger partial charge >= 0.3 is 5.97 Å². The van der Waals surface area contributed by atoms with E-state index in [-0.39, 0.29) is 24.3 Å². The Kier molecular flexibility index (Phi) is 4.97. The monoisotopic (exact) mass is 340 g/mol. The van der Waals surface area contributed by atoms with Crippen LogP contribution in [0.3, 0.4) is 0 Å². The number of ether oxygens (including phenoxy) is 1. The lowest BCUT2D eigenvalue weighted by molar-refractivity contribution is -0.139. The summed E-state index contributed by atoms with van der Waals surface area (Å²) < 4.78 is 5.15. The van der Waals surface area contributed by atoms with Gasteiger partial charge in [0.2, 0.25) is 0 Å². The average molecular weight is 340 g/mol. The van der Waals surface area contributed by atoms with E-state index in [1.54, 1.807) is 19.4 Å². The molecule has 1 aromatic heterocycles. The molecular formula is C19H20N2O4. The van der Waals surface area contributed by atoms with Crippen LogP contribution in [0.4, 0.5) is 0 Å². The minimum Gasteiger partial charge on any atom is -0.497 e. The summed E-state index contributed by atoms with van der Waals surface area (Å²) in [6, 6.07) is 9.24. The molecule has 1 aromatic carbocycles. The van der Waals surface area contributed by atoms with Gasteiger partial charge in [0.15, 0.2) is 0 Å². The first kappa shape index (κ1) is 17.0. The number of rotatable bonds is 6. The lowest BCUT2D eigenvalue weighted by Gasteiger charge is -2.36. The highest BCUT2D eigenvalue weighted by Gasteiger charge is 2.33. The zero-order valence-electron chi connectivity index (χ0n) is 13.9. The first-order valence-electron chi connectivity index (χ1n) is 8.19.